The number of nitrogens with zero attached hydrogens (tertiary/aromatic N) is 2. The molecule has 0 saturated carbocycles. The molecule has 0 bridgehead atoms. The molecule has 1 rings (SSSR count). The first kappa shape index (κ1) is 15.3. The summed E-state index contributed by atoms with van der Waals surface area (Å²) in [6.07, 6.45) is 2.44. The molecule has 1 unspecified atom stereocenters. The lowest BCUT2D eigenvalue weighted by atomic mass is 10.00. The Morgan fingerprint density at radius 1 is 1.32 bits per heavy atom. The predicted octanol–water partition coefficient (Wildman–Crippen LogP) is 0.113. The molecule has 19 heavy (non-hydrogen) atoms. The number of nitrogens with one attached hydrogen (secondary N) is 1. The highest BCUT2D eigenvalue weighted by atomic mass is 16.4. The van der Waals surface area contributed by atoms with Crippen LogP contribution in [0.3, 0.4) is 0 Å². The van der Waals surface area contributed by atoms with Gasteiger partial charge in [0.1, 0.15) is 0 Å². The third-order valence-corrected chi connectivity index (χ3v) is 3.19. The van der Waals surface area contributed by atoms with Gasteiger partial charge < -0.3 is 20.2 Å². The Kier molecular flexibility index (Phi) is 5.59. The Morgan fingerprint density at radius 2 is 2.00 bits per heavy atom. The number of piperidine rings is 1. The second-order valence-corrected chi connectivity index (χ2v) is 4.89. The lowest BCUT2D eigenvalue weighted by Gasteiger charge is -2.34. The van der Waals surface area contributed by atoms with Gasteiger partial charge in [-0.1, -0.05) is 0 Å². The van der Waals surface area contributed by atoms with E-state index in [2.05, 4.69) is 5.32 Å². The first-order valence-electron chi connectivity index (χ1n) is 6.38. The maximum atomic E-state index is 12.0. The van der Waals surface area contributed by atoms with E-state index in [1.54, 1.807) is 14.1 Å². The van der Waals surface area contributed by atoms with Gasteiger partial charge in [-0.15, -0.1) is 0 Å². The molecular weight excluding hydrogens is 250 g/mol. The molecule has 1 atom stereocenters. The van der Waals surface area contributed by atoms with Crippen LogP contribution in [-0.4, -0.2) is 66.0 Å². The van der Waals surface area contributed by atoms with Crippen molar-refractivity contribution in [2.24, 2.45) is 0 Å². The Morgan fingerprint density at radius 3 is 2.58 bits per heavy atom. The zero-order chi connectivity index (χ0) is 14.4. The van der Waals surface area contributed by atoms with E-state index >= 15 is 0 Å². The summed E-state index contributed by atoms with van der Waals surface area (Å²) in [6.45, 7) is 0.474. The third-order valence-electron chi connectivity index (χ3n) is 3.19. The predicted molar refractivity (Wildman–Crippen MR) is 68.7 cm³/mol. The summed E-state index contributed by atoms with van der Waals surface area (Å²) in [5.41, 5.74) is 0. The average molecular weight is 271 g/mol. The fourth-order valence-corrected chi connectivity index (χ4v) is 2.09. The minimum atomic E-state index is -0.908. The second-order valence-electron chi connectivity index (χ2n) is 4.89. The van der Waals surface area contributed by atoms with E-state index in [0.29, 0.717) is 13.0 Å². The van der Waals surface area contributed by atoms with E-state index in [1.165, 1.54) is 9.80 Å². The van der Waals surface area contributed by atoms with E-state index < -0.39 is 5.97 Å². The highest BCUT2D eigenvalue weighted by molar-refractivity contribution is 5.84. The summed E-state index contributed by atoms with van der Waals surface area (Å²) in [5, 5.41) is 11.4. The maximum absolute atomic E-state index is 12.0. The molecule has 108 valence electrons. The van der Waals surface area contributed by atoms with Crippen molar-refractivity contribution in [3.05, 3.63) is 0 Å². The first-order valence-corrected chi connectivity index (χ1v) is 6.38. The van der Waals surface area contributed by atoms with E-state index in [4.69, 9.17) is 5.11 Å². The van der Waals surface area contributed by atoms with Crippen LogP contribution in [0.5, 0.6) is 0 Å². The first-order chi connectivity index (χ1) is 8.91. The third kappa shape index (κ3) is 4.76. The zero-order valence-electron chi connectivity index (χ0n) is 11.4. The van der Waals surface area contributed by atoms with E-state index in [9.17, 15) is 14.4 Å². The van der Waals surface area contributed by atoms with Crippen LogP contribution in [0.2, 0.25) is 0 Å². The van der Waals surface area contributed by atoms with Crippen molar-refractivity contribution in [1.29, 1.82) is 0 Å². The SMILES string of the molecule is CN(C)C(=O)CNC(=O)N1CCCCC1CC(=O)O. The normalized spacial score (nSPS) is 18.8. The molecule has 7 heteroatoms. The lowest BCUT2D eigenvalue weighted by molar-refractivity contribution is -0.138. The summed E-state index contributed by atoms with van der Waals surface area (Å²) in [5.74, 6) is -1.10. The van der Waals surface area contributed by atoms with Crippen LogP contribution in [0.15, 0.2) is 0 Å². The number of rotatable bonds is 4. The molecular formula is C12H21N3O4. The van der Waals surface area contributed by atoms with E-state index in [1.807, 2.05) is 0 Å². The van der Waals surface area contributed by atoms with Gasteiger partial charge in [-0.05, 0) is 19.3 Å². The molecule has 2 N–H and O–H groups in total. The number of amides is 3. The van der Waals surface area contributed by atoms with Gasteiger partial charge in [0, 0.05) is 26.7 Å². The molecule has 0 radical (unpaired) electrons. The Hall–Kier alpha value is -1.79. The summed E-state index contributed by atoms with van der Waals surface area (Å²) in [6, 6.07) is -0.637. The highest BCUT2D eigenvalue weighted by Crippen LogP contribution is 2.19. The number of carbonyl (C=O) groups is 3. The fraction of sp³-hybridized carbons (Fsp3) is 0.750. The molecule has 0 spiro atoms. The summed E-state index contributed by atoms with van der Waals surface area (Å²) < 4.78 is 0. The van der Waals surface area contributed by atoms with Gasteiger partial charge >= 0.3 is 12.0 Å². The Bertz CT molecular complexity index is 357. The van der Waals surface area contributed by atoms with Gasteiger partial charge in [0.25, 0.3) is 0 Å². The number of carboxylic acid groups (broad SMARTS) is 1. The quantitative estimate of drug-likeness (QED) is 0.759. The van der Waals surface area contributed by atoms with Crippen LogP contribution >= 0.6 is 0 Å². The van der Waals surface area contributed by atoms with Crippen molar-refractivity contribution in [2.75, 3.05) is 27.2 Å². The van der Waals surface area contributed by atoms with Gasteiger partial charge in [-0.25, -0.2) is 4.79 Å². The molecule has 1 heterocycles. The number of hydrogen-bond acceptors (Lipinski definition) is 3. The molecule has 0 aromatic carbocycles. The fourth-order valence-electron chi connectivity index (χ4n) is 2.09. The zero-order valence-corrected chi connectivity index (χ0v) is 11.4. The standard InChI is InChI=1S/C12H21N3O4/c1-14(2)10(16)8-13-12(19)15-6-4-3-5-9(15)7-11(17)18/h9H,3-8H2,1-2H3,(H,13,19)(H,17,18). The number of likely N-dealkylation sites (N-methyl/N-ethyl adjacent to an activating group) is 1. The second kappa shape index (κ2) is 6.96. The average Bonchev–Trinajstić information content (AvgIpc) is 2.35. The number of aliphatic carboxylic acids is 1. The highest BCUT2D eigenvalue weighted by Gasteiger charge is 2.28. The summed E-state index contributed by atoms with van der Waals surface area (Å²) in [4.78, 5) is 37.1. The van der Waals surface area contributed by atoms with Gasteiger partial charge in [-0.2, -0.15) is 0 Å². The maximum Gasteiger partial charge on any atom is 0.318 e. The Balaban J connectivity index is 2.52. The van der Waals surface area contributed by atoms with Crippen LogP contribution in [0.25, 0.3) is 0 Å². The summed E-state index contributed by atoms with van der Waals surface area (Å²) >= 11 is 0. The van der Waals surface area contributed by atoms with Gasteiger partial charge in [0.15, 0.2) is 0 Å². The van der Waals surface area contributed by atoms with Crippen molar-refractivity contribution < 1.29 is 19.5 Å². The van der Waals surface area contributed by atoms with Crippen LogP contribution in [-0.2, 0) is 9.59 Å². The molecule has 1 fully saturated rings. The minimum Gasteiger partial charge on any atom is -0.481 e. The van der Waals surface area contributed by atoms with Crippen molar-refractivity contribution in [3.63, 3.8) is 0 Å². The number of carboxylic acids is 1. The molecule has 1 aliphatic heterocycles. The van der Waals surface area contributed by atoms with Crippen LogP contribution in [0, 0.1) is 0 Å². The molecule has 7 nitrogen and oxygen atoms in total. The van der Waals surface area contributed by atoms with Crippen molar-refractivity contribution in [3.8, 4) is 0 Å². The molecule has 1 saturated heterocycles. The molecule has 3 amide bonds. The number of urea groups is 1. The number of carbonyl (C=O) groups excluding carboxylic acids is 2. The van der Waals surface area contributed by atoms with Crippen molar-refractivity contribution in [1.82, 2.24) is 15.1 Å². The van der Waals surface area contributed by atoms with E-state index in [0.717, 1.165) is 12.8 Å². The lowest BCUT2D eigenvalue weighted by Crippen LogP contribution is -2.51. The minimum absolute atomic E-state index is 0.0466. The molecule has 0 aromatic rings. The number of hydrogen-bond donors (Lipinski definition) is 2. The van der Waals surface area contributed by atoms with Crippen LogP contribution in [0.4, 0.5) is 4.79 Å². The van der Waals surface area contributed by atoms with Gasteiger partial charge in [-0.3, -0.25) is 9.59 Å². The van der Waals surface area contributed by atoms with Crippen molar-refractivity contribution >= 4 is 17.9 Å². The summed E-state index contributed by atoms with van der Waals surface area (Å²) in [7, 11) is 3.23. The van der Waals surface area contributed by atoms with Gasteiger partial charge in [0.05, 0.1) is 13.0 Å². The largest absolute Gasteiger partial charge is 0.481 e. The topological polar surface area (TPSA) is 90.0 Å². The monoisotopic (exact) mass is 271 g/mol. The smallest absolute Gasteiger partial charge is 0.318 e. The molecule has 0 aliphatic carbocycles. The van der Waals surface area contributed by atoms with Gasteiger partial charge in [0.2, 0.25) is 5.91 Å². The number of likely N-dealkylation sites (tertiary alicyclic amines) is 1. The van der Waals surface area contributed by atoms with Crippen LogP contribution < -0.4 is 5.32 Å². The molecule has 0 aromatic heterocycles. The molecule has 1 aliphatic rings. The Labute approximate surface area is 112 Å². The van der Waals surface area contributed by atoms with Crippen LogP contribution in [0.1, 0.15) is 25.7 Å². The van der Waals surface area contributed by atoms with Crippen molar-refractivity contribution in [2.45, 2.75) is 31.7 Å². The van der Waals surface area contributed by atoms with E-state index in [-0.39, 0.29) is 30.9 Å².